The lowest BCUT2D eigenvalue weighted by Crippen LogP contribution is -2.30. The van der Waals surface area contributed by atoms with Crippen LogP contribution in [0.25, 0.3) is 0 Å². The van der Waals surface area contributed by atoms with Crippen molar-refractivity contribution >= 4 is 11.9 Å². The van der Waals surface area contributed by atoms with Crippen LogP contribution in [0.4, 0.5) is 0 Å². The van der Waals surface area contributed by atoms with Gasteiger partial charge in [0.25, 0.3) is 5.91 Å². The number of carboxylic acids is 1. The van der Waals surface area contributed by atoms with Gasteiger partial charge in [-0.15, -0.1) is 0 Å². The number of nitrogens with zero attached hydrogens (tertiary/aromatic N) is 2. The molecule has 1 aromatic rings. The van der Waals surface area contributed by atoms with Crippen LogP contribution in [-0.2, 0) is 4.79 Å². The van der Waals surface area contributed by atoms with Crippen molar-refractivity contribution in [1.82, 2.24) is 14.9 Å². The molecule has 2 heterocycles. The highest BCUT2D eigenvalue weighted by atomic mass is 16.4. The first-order valence-corrected chi connectivity index (χ1v) is 6.60. The van der Waals surface area contributed by atoms with E-state index in [4.69, 9.17) is 0 Å². The Balaban J connectivity index is 1.78. The number of imidazole rings is 1. The summed E-state index contributed by atoms with van der Waals surface area (Å²) in [5.74, 6) is -0.769. The Bertz CT molecular complexity index is 521. The van der Waals surface area contributed by atoms with E-state index in [0.29, 0.717) is 24.7 Å². The van der Waals surface area contributed by atoms with Crippen molar-refractivity contribution in [2.24, 2.45) is 17.8 Å². The molecule has 1 saturated heterocycles. The lowest BCUT2D eigenvalue weighted by molar-refractivity contribution is -0.142. The largest absolute Gasteiger partial charge is 0.481 e. The second-order valence-corrected chi connectivity index (χ2v) is 5.53. The van der Waals surface area contributed by atoms with Gasteiger partial charge in [0.05, 0.1) is 12.2 Å². The maximum atomic E-state index is 12.3. The van der Waals surface area contributed by atoms with Gasteiger partial charge in [0.15, 0.2) is 0 Å². The molecule has 0 aromatic carbocycles. The lowest BCUT2D eigenvalue weighted by Gasteiger charge is -2.15. The highest BCUT2D eigenvalue weighted by Crippen LogP contribution is 2.44. The second kappa shape index (κ2) is 4.36. The molecule has 2 aliphatic rings. The zero-order chi connectivity index (χ0) is 13.6. The SMILES string of the molecule is Cc1[nH]cnc1C(=O)N1C[C@@H](C(=O)O)[C@H](C2CC2)C1. The molecular formula is C13H17N3O3. The third-order valence-corrected chi connectivity index (χ3v) is 4.23. The summed E-state index contributed by atoms with van der Waals surface area (Å²) in [5.41, 5.74) is 1.13. The summed E-state index contributed by atoms with van der Waals surface area (Å²) in [6.45, 7) is 2.65. The molecule has 2 N–H and O–H groups in total. The summed E-state index contributed by atoms with van der Waals surface area (Å²) in [5, 5.41) is 9.29. The zero-order valence-corrected chi connectivity index (χ0v) is 10.8. The summed E-state index contributed by atoms with van der Waals surface area (Å²) < 4.78 is 0. The minimum Gasteiger partial charge on any atom is -0.481 e. The monoisotopic (exact) mass is 263 g/mol. The minimum absolute atomic E-state index is 0.112. The van der Waals surface area contributed by atoms with Crippen LogP contribution >= 0.6 is 0 Å². The van der Waals surface area contributed by atoms with E-state index in [1.54, 1.807) is 11.8 Å². The molecule has 1 aromatic heterocycles. The van der Waals surface area contributed by atoms with Crippen LogP contribution in [0.15, 0.2) is 6.33 Å². The van der Waals surface area contributed by atoms with Gasteiger partial charge < -0.3 is 15.0 Å². The molecule has 3 rings (SSSR count). The number of aromatic amines is 1. The quantitative estimate of drug-likeness (QED) is 0.848. The third-order valence-electron chi connectivity index (χ3n) is 4.23. The highest BCUT2D eigenvalue weighted by Gasteiger charge is 2.47. The number of aromatic nitrogens is 2. The number of nitrogens with one attached hydrogen (secondary N) is 1. The summed E-state index contributed by atoms with van der Waals surface area (Å²) in [6, 6.07) is 0. The topological polar surface area (TPSA) is 86.3 Å². The van der Waals surface area contributed by atoms with Gasteiger partial charge in [-0.1, -0.05) is 0 Å². The average molecular weight is 263 g/mol. The van der Waals surface area contributed by atoms with Gasteiger partial charge in [0.1, 0.15) is 5.69 Å². The van der Waals surface area contributed by atoms with Crippen LogP contribution in [0.3, 0.4) is 0 Å². The van der Waals surface area contributed by atoms with Crippen LogP contribution in [0.2, 0.25) is 0 Å². The van der Waals surface area contributed by atoms with Crippen molar-refractivity contribution in [2.75, 3.05) is 13.1 Å². The fraction of sp³-hybridized carbons (Fsp3) is 0.615. The molecule has 6 nitrogen and oxygen atoms in total. The van der Waals surface area contributed by atoms with E-state index in [0.717, 1.165) is 18.5 Å². The second-order valence-electron chi connectivity index (χ2n) is 5.53. The molecule has 2 atom stereocenters. The molecule has 0 unspecified atom stereocenters. The van der Waals surface area contributed by atoms with Crippen molar-refractivity contribution in [3.63, 3.8) is 0 Å². The van der Waals surface area contributed by atoms with E-state index >= 15 is 0 Å². The standard InChI is InChI=1S/C13H17N3O3/c1-7-11(15-6-14-7)12(17)16-4-9(8-2-3-8)10(5-16)13(18)19/h6,8-10H,2-5H2,1H3,(H,14,15)(H,18,19)/t9-,10+/m0/s1. The van der Waals surface area contributed by atoms with Crippen LogP contribution < -0.4 is 0 Å². The number of hydrogen-bond acceptors (Lipinski definition) is 3. The molecule has 1 saturated carbocycles. The molecule has 1 aliphatic carbocycles. The first-order valence-electron chi connectivity index (χ1n) is 6.60. The fourth-order valence-electron chi connectivity index (χ4n) is 2.98. The van der Waals surface area contributed by atoms with E-state index in [9.17, 15) is 14.7 Å². The van der Waals surface area contributed by atoms with Crippen molar-refractivity contribution in [1.29, 1.82) is 0 Å². The third kappa shape index (κ3) is 2.11. The number of aliphatic carboxylic acids is 1. The Kier molecular flexibility index (Phi) is 2.80. The molecule has 1 aliphatic heterocycles. The Labute approximate surface area is 110 Å². The highest BCUT2D eigenvalue weighted by molar-refractivity contribution is 5.94. The van der Waals surface area contributed by atoms with Gasteiger partial charge in [-0.2, -0.15) is 0 Å². The molecule has 0 spiro atoms. The van der Waals surface area contributed by atoms with Gasteiger partial charge in [0, 0.05) is 18.8 Å². The Morgan fingerprint density at radius 3 is 2.68 bits per heavy atom. The van der Waals surface area contributed by atoms with Gasteiger partial charge >= 0.3 is 5.97 Å². The predicted octanol–water partition coefficient (Wildman–Crippen LogP) is 0.901. The Morgan fingerprint density at radius 1 is 1.42 bits per heavy atom. The summed E-state index contributed by atoms with van der Waals surface area (Å²) in [7, 11) is 0. The maximum absolute atomic E-state index is 12.3. The number of aryl methyl sites for hydroxylation is 1. The van der Waals surface area contributed by atoms with Gasteiger partial charge in [0.2, 0.25) is 0 Å². The van der Waals surface area contributed by atoms with Crippen LogP contribution in [0, 0.1) is 24.7 Å². The molecule has 102 valence electrons. The van der Waals surface area contributed by atoms with Crippen molar-refractivity contribution in [3.8, 4) is 0 Å². The van der Waals surface area contributed by atoms with Gasteiger partial charge in [-0.25, -0.2) is 4.98 Å². The van der Waals surface area contributed by atoms with E-state index < -0.39 is 11.9 Å². The number of rotatable bonds is 3. The fourth-order valence-corrected chi connectivity index (χ4v) is 2.98. The maximum Gasteiger partial charge on any atom is 0.308 e. The Morgan fingerprint density at radius 2 is 2.16 bits per heavy atom. The molecule has 0 radical (unpaired) electrons. The smallest absolute Gasteiger partial charge is 0.308 e. The summed E-state index contributed by atoms with van der Waals surface area (Å²) in [6.07, 6.45) is 3.68. The molecular weight excluding hydrogens is 246 g/mol. The van der Waals surface area contributed by atoms with E-state index in [1.807, 2.05) is 0 Å². The van der Waals surface area contributed by atoms with E-state index in [2.05, 4.69) is 9.97 Å². The van der Waals surface area contributed by atoms with E-state index in [1.165, 1.54) is 6.33 Å². The lowest BCUT2D eigenvalue weighted by atomic mass is 9.92. The molecule has 1 amide bonds. The van der Waals surface area contributed by atoms with Crippen LogP contribution in [0.1, 0.15) is 29.0 Å². The number of hydrogen-bond donors (Lipinski definition) is 2. The van der Waals surface area contributed by atoms with Crippen molar-refractivity contribution in [3.05, 3.63) is 17.7 Å². The molecule has 6 heteroatoms. The molecule has 19 heavy (non-hydrogen) atoms. The number of likely N-dealkylation sites (tertiary alicyclic amines) is 1. The van der Waals surface area contributed by atoms with Gasteiger partial charge in [-0.3, -0.25) is 9.59 Å². The first-order chi connectivity index (χ1) is 9.08. The normalized spacial score (nSPS) is 26.7. The number of carbonyl (C=O) groups excluding carboxylic acids is 1. The zero-order valence-electron chi connectivity index (χ0n) is 10.8. The molecule has 0 bridgehead atoms. The number of H-pyrrole nitrogens is 1. The van der Waals surface area contributed by atoms with Gasteiger partial charge in [-0.05, 0) is 31.6 Å². The Hall–Kier alpha value is -1.85. The van der Waals surface area contributed by atoms with Crippen LogP contribution in [-0.4, -0.2) is 44.9 Å². The summed E-state index contributed by atoms with van der Waals surface area (Å²) in [4.78, 5) is 32.2. The van der Waals surface area contributed by atoms with E-state index in [-0.39, 0.29) is 11.8 Å². The predicted molar refractivity (Wildman–Crippen MR) is 66.6 cm³/mol. The van der Waals surface area contributed by atoms with Crippen molar-refractivity contribution in [2.45, 2.75) is 19.8 Å². The van der Waals surface area contributed by atoms with Crippen molar-refractivity contribution < 1.29 is 14.7 Å². The summed E-state index contributed by atoms with van der Waals surface area (Å²) >= 11 is 0. The first kappa shape index (κ1) is 12.2. The molecule has 2 fully saturated rings. The number of carboxylic acid groups (broad SMARTS) is 1. The van der Waals surface area contributed by atoms with Crippen LogP contribution in [0.5, 0.6) is 0 Å². The number of amides is 1. The minimum atomic E-state index is -0.786. The number of carbonyl (C=O) groups is 2. The average Bonchev–Trinajstić information content (AvgIpc) is 2.97.